The van der Waals surface area contributed by atoms with Crippen LogP contribution in [-0.4, -0.2) is 19.6 Å². The van der Waals surface area contributed by atoms with Crippen molar-refractivity contribution in [2.24, 2.45) is 0 Å². The summed E-state index contributed by atoms with van der Waals surface area (Å²) in [6, 6.07) is 29.4. The Labute approximate surface area is 231 Å². The molecule has 6 nitrogen and oxygen atoms in total. The molecule has 0 amide bonds. The summed E-state index contributed by atoms with van der Waals surface area (Å²) in [4.78, 5) is 11.3. The maximum atomic E-state index is 6.13. The Morgan fingerprint density at radius 3 is 2.45 bits per heavy atom. The first-order chi connectivity index (χ1) is 18.6. The molecule has 0 saturated carbocycles. The van der Waals surface area contributed by atoms with E-state index in [4.69, 9.17) is 28.6 Å². The van der Waals surface area contributed by atoms with Gasteiger partial charge in [0.2, 0.25) is 0 Å². The minimum atomic E-state index is -0.187. The number of para-hydroxylation sites is 1. The SMILES string of the molecule is Cc1ccccc1Oc1ccc(N2C(=S)N[C@H](c3ccccn3)[C@@H]2c2cccn2-c2ccc(Cl)cn2)cc1. The molecule has 38 heavy (non-hydrogen) atoms. The molecule has 2 atom stereocenters. The number of nitrogens with one attached hydrogen (secondary N) is 1. The van der Waals surface area contributed by atoms with Crippen LogP contribution in [0.25, 0.3) is 5.82 Å². The number of benzene rings is 2. The van der Waals surface area contributed by atoms with Gasteiger partial charge in [-0.1, -0.05) is 35.9 Å². The molecule has 0 unspecified atom stereocenters. The molecule has 0 bridgehead atoms. The van der Waals surface area contributed by atoms with E-state index in [2.05, 4.69) is 30.8 Å². The smallest absolute Gasteiger partial charge is 0.174 e. The van der Waals surface area contributed by atoms with E-state index in [1.165, 1.54) is 0 Å². The molecule has 8 heteroatoms. The lowest BCUT2D eigenvalue weighted by Crippen LogP contribution is -2.30. The molecule has 1 aliphatic rings. The van der Waals surface area contributed by atoms with Gasteiger partial charge >= 0.3 is 0 Å². The molecular formula is C30H24ClN5OS. The van der Waals surface area contributed by atoms with Crippen LogP contribution in [0.1, 0.15) is 29.0 Å². The molecule has 1 fully saturated rings. The topological polar surface area (TPSA) is 55.2 Å². The third-order valence-electron chi connectivity index (χ3n) is 6.58. The van der Waals surface area contributed by atoms with Crippen molar-refractivity contribution in [1.82, 2.24) is 19.9 Å². The maximum Gasteiger partial charge on any atom is 0.174 e. The van der Waals surface area contributed by atoms with E-state index < -0.39 is 0 Å². The number of halogens is 1. The van der Waals surface area contributed by atoms with Crippen LogP contribution in [0.4, 0.5) is 5.69 Å². The number of aryl methyl sites for hydroxylation is 1. The number of anilines is 1. The fraction of sp³-hybridized carbons (Fsp3) is 0.100. The van der Waals surface area contributed by atoms with Crippen molar-refractivity contribution in [2.75, 3.05) is 4.90 Å². The fourth-order valence-corrected chi connectivity index (χ4v) is 5.22. The molecule has 2 aromatic carbocycles. The lowest BCUT2D eigenvalue weighted by Gasteiger charge is -2.29. The van der Waals surface area contributed by atoms with E-state index in [9.17, 15) is 0 Å². The zero-order valence-corrected chi connectivity index (χ0v) is 22.1. The van der Waals surface area contributed by atoms with Gasteiger partial charge in [0.05, 0.1) is 16.8 Å². The Morgan fingerprint density at radius 2 is 1.71 bits per heavy atom. The van der Waals surface area contributed by atoms with E-state index in [1.807, 2.05) is 98.0 Å². The molecule has 5 aromatic rings. The van der Waals surface area contributed by atoms with Crippen molar-refractivity contribution in [2.45, 2.75) is 19.0 Å². The summed E-state index contributed by atoms with van der Waals surface area (Å²) in [7, 11) is 0. The first kappa shape index (κ1) is 24.2. The molecule has 1 saturated heterocycles. The molecule has 3 aromatic heterocycles. The van der Waals surface area contributed by atoms with Crippen LogP contribution >= 0.6 is 23.8 Å². The molecule has 6 rings (SSSR count). The van der Waals surface area contributed by atoms with Crippen LogP contribution in [0, 0.1) is 6.92 Å². The minimum Gasteiger partial charge on any atom is -0.457 e. The first-order valence-corrected chi connectivity index (χ1v) is 13.0. The number of thiocarbonyl (C=S) groups is 1. The van der Waals surface area contributed by atoms with Crippen LogP contribution < -0.4 is 15.0 Å². The molecule has 188 valence electrons. The summed E-state index contributed by atoms with van der Waals surface area (Å²) in [5.74, 6) is 2.36. The van der Waals surface area contributed by atoms with Crippen LogP contribution in [0.5, 0.6) is 11.5 Å². The van der Waals surface area contributed by atoms with Gasteiger partial charge in [-0.05, 0) is 91.4 Å². The highest BCUT2D eigenvalue weighted by Crippen LogP contribution is 2.42. The van der Waals surface area contributed by atoms with E-state index in [0.717, 1.165) is 40.0 Å². The lowest BCUT2D eigenvalue weighted by molar-refractivity contribution is 0.479. The third kappa shape index (κ3) is 4.62. The lowest BCUT2D eigenvalue weighted by atomic mass is 10.0. The number of nitrogens with zero attached hydrogens (tertiary/aromatic N) is 4. The molecule has 0 spiro atoms. The monoisotopic (exact) mass is 537 g/mol. The van der Waals surface area contributed by atoms with E-state index in [1.54, 1.807) is 12.4 Å². The van der Waals surface area contributed by atoms with Crippen molar-refractivity contribution >= 4 is 34.6 Å². The van der Waals surface area contributed by atoms with Gasteiger partial charge in [0.1, 0.15) is 23.4 Å². The van der Waals surface area contributed by atoms with Crippen molar-refractivity contribution in [3.05, 3.63) is 132 Å². The summed E-state index contributed by atoms with van der Waals surface area (Å²) < 4.78 is 8.19. The van der Waals surface area contributed by atoms with Crippen LogP contribution in [0.15, 0.2) is 110 Å². The summed E-state index contributed by atoms with van der Waals surface area (Å²) in [5.41, 5.74) is 3.94. The van der Waals surface area contributed by atoms with Gasteiger partial charge < -0.3 is 19.5 Å². The zero-order valence-electron chi connectivity index (χ0n) is 20.5. The number of aromatic nitrogens is 3. The van der Waals surface area contributed by atoms with Gasteiger partial charge in [-0.2, -0.15) is 0 Å². The second-order valence-electron chi connectivity index (χ2n) is 9.00. The number of ether oxygens (including phenoxy) is 1. The predicted molar refractivity (Wildman–Crippen MR) is 154 cm³/mol. The molecular weight excluding hydrogens is 514 g/mol. The van der Waals surface area contributed by atoms with Gasteiger partial charge in [0.25, 0.3) is 0 Å². The molecule has 0 radical (unpaired) electrons. The number of pyridine rings is 2. The van der Waals surface area contributed by atoms with E-state index in [0.29, 0.717) is 10.1 Å². The Hall–Kier alpha value is -4.20. The van der Waals surface area contributed by atoms with Crippen LogP contribution in [-0.2, 0) is 0 Å². The molecule has 4 heterocycles. The van der Waals surface area contributed by atoms with Crippen molar-refractivity contribution in [3.8, 4) is 17.3 Å². The summed E-state index contributed by atoms with van der Waals surface area (Å²) >= 11 is 12.0. The molecule has 1 N–H and O–H groups in total. The summed E-state index contributed by atoms with van der Waals surface area (Å²) in [5, 5.41) is 4.73. The predicted octanol–water partition coefficient (Wildman–Crippen LogP) is 7.20. The summed E-state index contributed by atoms with van der Waals surface area (Å²) in [6.45, 7) is 2.03. The normalized spacial score (nSPS) is 16.9. The van der Waals surface area contributed by atoms with E-state index >= 15 is 0 Å². The van der Waals surface area contributed by atoms with Crippen LogP contribution in [0.2, 0.25) is 5.02 Å². The van der Waals surface area contributed by atoms with Gasteiger partial charge in [0.15, 0.2) is 5.11 Å². The van der Waals surface area contributed by atoms with Gasteiger partial charge in [-0.25, -0.2) is 4.98 Å². The Kier molecular flexibility index (Phi) is 6.54. The largest absolute Gasteiger partial charge is 0.457 e. The quantitative estimate of drug-likeness (QED) is 0.231. The Balaban J connectivity index is 1.40. The third-order valence-corrected chi connectivity index (χ3v) is 7.11. The van der Waals surface area contributed by atoms with Crippen LogP contribution in [0.3, 0.4) is 0 Å². The average molecular weight is 538 g/mol. The standard InChI is InChI=1S/C30H24ClN5OS/c1-20-7-2-3-10-26(20)37-23-14-12-22(13-15-23)36-29(28(34-30(36)38)24-8-4-5-17-32-24)25-9-6-18-35(25)27-16-11-21(31)19-33-27/h2-19,28-29H,1H3,(H,34,38)/t28-,29+/m1/s1. The Morgan fingerprint density at radius 1 is 0.895 bits per heavy atom. The second kappa shape index (κ2) is 10.3. The van der Waals surface area contributed by atoms with E-state index in [-0.39, 0.29) is 12.1 Å². The number of rotatable bonds is 6. The summed E-state index contributed by atoms with van der Waals surface area (Å²) in [6.07, 6.45) is 5.45. The first-order valence-electron chi connectivity index (χ1n) is 12.2. The number of hydrogen-bond donors (Lipinski definition) is 1. The van der Waals surface area contributed by atoms with Crippen molar-refractivity contribution < 1.29 is 4.74 Å². The van der Waals surface area contributed by atoms with Crippen molar-refractivity contribution in [3.63, 3.8) is 0 Å². The highest BCUT2D eigenvalue weighted by Gasteiger charge is 2.42. The Bertz CT molecular complexity index is 1570. The van der Waals surface area contributed by atoms with Crippen molar-refractivity contribution in [1.29, 1.82) is 0 Å². The average Bonchev–Trinajstić information content (AvgIpc) is 3.56. The zero-order chi connectivity index (χ0) is 26.1. The second-order valence-corrected chi connectivity index (χ2v) is 9.82. The van der Waals surface area contributed by atoms with Gasteiger partial charge in [0, 0.05) is 30.0 Å². The molecule has 1 aliphatic heterocycles. The number of hydrogen-bond acceptors (Lipinski definition) is 4. The highest BCUT2D eigenvalue weighted by molar-refractivity contribution is 7.80. The highest BCUT2D eigenvalue weighted by atomic mass is 35.5. The maximum absolute atomic E-state index is 6.13. The van der Waals surface area contributed by atoms with Gasteiger partial charge in [-0.3, -0.25) is 4.98 Å². The minimum absolute atomic E-state index is 0.174. The fourth-order valence-electron chi connectivity index (χ4n) is 4.76. The molecule has 0 aliphatic carbocycles. The van der Waals surface area contributed by atoms with Gasteiger partial charge in [-0.15, -0.1) is 0 Å².